The molecule has 0 aliphatic heterocycles. The van der Waals surface area contributed by atoms with Gasteiger partial charge in [0.25, 0.3) is 0 Å². The molecule has 0 amide bonds. The van der Waals surface area contributed by atoms with E-state index in [0.29, 0.717) is 0 Å². The fourth-order valence-corrected chi connectivity index (χ4v) is 1.88. The molecule has 1 rings (SSSR count). The van der Waals surface area contributed by atoms with Crippen LogP contribution in [0.25, 0.3) is 0 Å². The van der Waals surface area contributed by atoms with Crippen molar-refractivity contribution in [2.45, 2.75) is 39.5 Å². The Hall–Kier alpha value is -1.51. The monoisotopic (exact) mass is 248 g/mol. The maximum Gasteiger partial charge on any atom is 0.386 e. The number of hydrogen-bond acceptors (Lipinski definition) is 2. The first-order valence-electron chi connectivity index (χ1n) is 6.75. The summed E-state index contributed by atoms with van der Waals surface area (Å²) in [6.07, 6.45) is 4.65. The van der Waals surface area contributed by atoms with Crippen LogP contribution in [0.4, 0.5) is 5.69 Å². The van der Waals surface area contributed by atoms with Crippen molar-refractivity contribution in [1.82, 2.24) is 0 Å². The van der Waals surface area contributed by atoms with Crippen LogP contribution in [0.3, 0.4) is 0 Å². The number of unbranched alkanes of at least 4 members (excludes halogenated alkanes) is 2. The lowest BCUT2D eigenvalue weighted by molar-refractivity contribution is 0.0573. The van der Waals surface area contributed by atoms with Gasteiger partial charge in [0, 0.05) is 18.8 Å². The van der Waals surface area contributed by atoms with Gasteiger partial charge in [-0.1, -0.05) is 26.7 Å². The first kappa shape index (κ1) is 14.6. The number of rotatable bonds is 8. The predicted molar refractivity (Wildman–Crippen MR) is 73.5 cm³/mol. The van der Waals surface area contributed by atoms with E-state index in [4.69, 9.17) is 0 Å². The van der Waals surface area contributed by atoms with Crippen LogP contribution in [0.1, 0.15) is 49.9 Å². The Bertz CT molecular complexity index is 351. The molecular weight excluding hydrogens is 226 g/mol. The SMILES string of the molecule is CCCCN(CCCC)c1ccc(C([O])=O)cc1. The van der Waals surface area contributed by atoms with Crippen molar-refractivity contribution in [3.05, 3.63) is 29.8 Å². The van der Waals surface area contributed by atoms with Gasteiger partial charge in [-0.15, -0.1) is 0 Å². The number of benzene rings is 1. The van der Waals surface area contributed by atoms with Crippen molar-refractivity contribution in [2.75, 3.05) is 18.0 Å². The molecule has 3 nitrogen and oxygen atoms in total. The van der Waals surface area contributed by atoms with E-state index >= 15 is 0 Å². The van der Waals surface area contributed by atoms with Gasteiger partial charge in [0.1, 0.15) is 0 Å². The zero-order valence-electron chi connectivity index (χ0n) is 11.3. The third-order valence-corrected chi connectivity index (χ3v) is 3.03. The van der Waals surface area contributed by atoms with Crippen LogP contribution in [-0.4, -0.2) is 19.1 Å². The summed E-state index contributed by atoms with van der Waals surface area (Å²) < 4.78 is 0. The molecule has 99 valence electrons. The van der Waals surface area contributed by atoms with E-state index in [2.05, 4.69) is 18.7 Å². The van der Waals surface area contributed by atoms with E-state index in [1.807, 2.05) is 12.1 Å². The van der Waals surface area contributed by atoms with Gasteiger partial charge < -0.3 is 4.90 Å². The summed E-state index contributed by atoms with van der Waals surface area (Å²) in [6.45, 7) is 6.41. The molecule has 3 heteroatoms. The van der Waals surface area contributed by atoms with Gasteiger partial charge in [0.15, 0.2) is 0 Å². The van der Waals surface area contributed by atoms with Crippen molar-refractivity contribution in [3.8, 4) is 0 Å². The lowest BCUT2D eigenvalue weighted by Crippen LogP contribution is -2.25. The predicted octanol–water partition coefficient (Wildman–Crippen LogP) is 3.66. The number of carbonyl (C=O) groups excluding carboxylic acids is 1. The summed E-state index contributed by atoms with van der Waals surface area (Å²) in [5.41, 5.74) is 1.34. The maximum absolute atomic E-state index is 10.7. The molecule has 1 radical (unpaired) electrons. The van der Waals surface area contributed by atoms with Crippen LogP contribution in [0.2, 0.25) is 0 Å². The van der Waals surface area contributed by atoms with Crippen LogP contribution in [0, 0.1) is 0 Å². The highest BCUT2D eigenvalue weighted by atomic mass is 16.4. The molecule has 0 N–H and O–H groups in total. The summed E-state index contributed by atoms with van der Waals surface area (Å²) in [4.78, 5) is 13.0. The van der Waals surface area contributed by atoms with E-state index in [0.717, 1.165) is 31.6 Å². The third kappa shape index (κ3) is 4.40. The lowest BCUT2D eigenvalue weighted by atomic mass is 10.1. The van der Waals surface area contributed by atoms with Gasteiger partial charge in [0.2, 0.25) is 0 Å². The Kier molecular flexibility index (Phi) is 6.26. The molecule has 0 saturated carbocycles. The summed E-state index contributed by atoms with van der Waals surface area (Å²) >= 11 is 0. The highest BCUT2D eigenvalue weighted by Crippen LogP contribution is 2.17. The molecule has 0 fully saturated rings. The molecule has 0 heterocycles. The molecule has 0 spiro atoms. The van der Waals surface area contributed by atoms with Crippen LogP contribution in [0.5, 0.6) is 0 Å². The second-order valence-electron chi connectivity index (χ2n) is 4.53. The minimum absolute atomic E-state index is 0.240. The van der Waals surface area contributed by atoms with Crippen molar-refractivity contribution in [1.29, 1.82) is 0 Å². The van der Waals surface area contributed by atoms with Crippen molar-refractivity contribution >= 4 is 11.7 Å². The molecule has 1 aromatic rings. The Morgan fingerprint density at radius 3 is 1.89 bits per heavy atom. The second-order valence-corrected chi connectivity index (χ2v) is 4.53. The highest BCUT2D eigenvalue weighted by Gasteiger charge is 2.08. The van der Waals surface area contributed by atoms with Gasteiger partial charge in [-0.2, -0.15) is 0 Å². The van der Waals surface area contributed by atoms with Crippen molar-refractivity contribution < 1.29 is 9.90 Å². The number of carbonyl (C=O) groups is 1. The first-order valence-corrected chi connectivity index (χ1v) is 6.75. The van der Waals surface area contributed by atoms with E-state index in [-0.39, 0.29) is 5.56 Å². The minimum atomic E-state index is -1.12. The molecule has 0 bridgehead atoms. The Balaban J connectivity index is 2.73. The average Bonchev–Trinajstić information content (AvgIpc) is 2.39. The Morgan fingerprint density at radius 1 is 1.00 bits per heavy atom. The normalized spacial score (nSPS) is 10.3. The fourth-order valence-electron chi connectivity index (χ4n) is 1.88. The molecule has 0 aromatic heterocycles. The minimum Gasteiger partial charge on any atom is -0.372 e. The molecule has 0 unspecified atom stereocenters. The van der Waals surface area contributed by atoms with Gasteiger partial charge >= 0.3 is 5.97 Å². The summed E-state index contributed by atoms with van der Waals surface area (Å²) in [7, 11) is 0. The smallest absolute Gasteiger partial charge is 0.372 e. The van der Waals surface area contributed by atoms with Crippen molar-refractivity contribution in [3.63, 3.8) is 0 Å². The molecule has 1 aromatic carbocycles. The molecule has 0 aliphatic rings. The molecule has 18 heavy (non-hydrogen) atoms. The summed E-state index contributed by atoms with van der Waals surface area (Å²) in [5, 5.41) is 10.7. The summed E-state index contributed by atoms with van der Waals surface area (Å²) in [5.74, 6) is -1.12. The van der Waals surface area contributed by atoms with E-state index in [9.17, 15) is 9.90 Å². The van der Waals surface area contributed by atoms with Crippen LogP contribution < -0.4 is 4.90 Å². The number of nitrogens with zero attached hydrogens (tertiary/aromatic N) is 1. The zero-order valence-corrected chi connectivity index (χ0v) is 11.3. The van der Waals surface area contributed by atoms with Gasteiger partial charge in [-0.3, -0.25) is 0 Å². The fraction of sp³-hybridized carbons (Fsp3) is 0.533. The Labute approximate surface area is 109 Å². The number of anilines is 1. The standard InChI is InChI=1S/C15H22NO2/c1-3-5-11-16(12-6-4-2)14-9-7-13(8-10-14)15(17)18/h7-10H,3-6,11-12H2,1-2H3. The van der Waals surface area contributed by atoms with Crippen LogP contribution in [0.15, 0.2) is 24.3 Å². The summed E-state index contributed by atoms with van der Waals surface area (Å²) in [6, 6.07) is 6.98. The molecule has 0 atom stereocenters. The highest BCUT2D eigenvalue weighted by molar-refractivity contribution is 5.87. The van der Waals surface area contributed by atoms with Gasteiger partial charge in [-0.05, 0) is 37.1 Å². The van der Waals surface area contributed by atoms with E-state index in [1.54, 1.807) is 12.1 Å². The zero-order chi connectivity index (χ0) is 13.4. The average molecular weight is 248 g/mol. The second kappa shape index (κ2) is 7.75. The third-order valence-electron chi connectivity index (χ3n) is 3.03. The van der Waals surface area contributed by atoms with Crippen LogP contribution >= 0.6 is 0 Å². The quantitative estimate of drug-likeness (QED) is 0.704. The van der Waals surface area contributed by atoms with E-state index in [1.165, 1.54) is 12.8 Å². The molecular formula is C15H22NO2. The van der Waals surface area contributed by atoms with Gasteiger partial charge in [0.05, 0.1) is 5.56 Å². The van der Waals surface area contributed by atoms with Crippen LogP contribution in [-0.2, 0) is 5.11 Å². The topological polar surface area (TPSA) is 40.2 Å². The van der Waals surface area contributed by atoms with Crippen molar-refractivity contribution in [2.24, 2.45) is 0 Å². The maximum atomic E-state index is 10.7. The molecule has 0 aliphatic carbocycles. The van der Waals surface area contributed by atoms with E-state index < -0.39 is 5.97 Å². The first-order chi connectivity index (χ1) is 8.69. The lowest BCUT2D eigenvalue weighted by Gasteiger charge is -2.24. The largest absolute Gasteiger partial charge is 0.386 e. The Morgan fingerprint density at radius 2 is 1.50 bits per heavy atom. The molecule has 0 saturated heterocycles. The van der Waals surface area contributed by atoms with Gasteiger partial charge in [-0.25, -0.2) is 9.90 Å². The number of hydrogen-bond donors (Lipinski definition) is 0.